The third-order valence-electron chi connectivity index (χ3n) is 4.97. The van der Waals surface area contributed by atoms with Gasteiger partial charge in [-0.3, -0.25) is 9.69 Å². The Hall–Kier alpha value is -2.55. The van der Waals surface area contributed by atoms with Crippen LogP contribution < -0.4 is 9.47 Å². The van der Waals surface area contributed by atoms with Gasteiger partial charge in [-0.05, 0) is 42.8 Å². The molecule has 1 aromatic heterocycles. The van der Waals surface area contributed by atoms with Crippen molar-refractivity contribution in [1.29, 1.82) is 0 Å². The summed E-state index contributed by atoms with van der Waals surface area (Å²) in [5.41, 5.74) is 0.761. The van der Waals surface area contributed by atoms with E-state index in [-0.39, 0.29) is 12.5 Å². The summed E-state index contributed by atoms with van der Waals surface area (Å²) in [4.78, 5) is 29.6. The maximum Gasteiger partial charge on any atom is 0.331 e. The summed E-state index contributed by atoms with van der Waals surface area (Å²) in [5.74, 6) is 0.464. The van der Waals surface area contributed by atoms with Gasteiger partial charge in [0.15, 0.2) is 18.1 Å². The summed E-state index contributed by atoms with van der Waals surface area (Å²) in [5, 5.41) is 0. The van der Waals surface area contributed by atoms with E-state index < -0.39 is 5.97 Å². The first-order valence-electron chi connectivity index (χ1n) is 10.4. The molecule has 1 aliphatic rings. The van der Waals surface area contributed by atoms with Crippen LogP contribution in [0, 0.1) is 0 Å². The van der Waals surface area contributed by atoms with Crippen LogP contribution in [0.1, 0.15) is 17.4 Å². The summed E-state index contributed by atoms with van der Waals surface area (Å²) in [6.45, 7) is 5.75. The topological polar surface area (TPSA) is 68.3 Å². The fraction of sp³-hybridized carbons (Fsp3) is 0.391. The van der Waals surface area contributed by atoms with Gasteiger partial charge in [0.05, 0.1) is 18.1 Å². The molecule has 0 unspecified atom stereocenters. The minimum atomic E-state index is -0.570. The summed E-state index contributed by atoms with van der Waals surface area (Å²) in [6, 6.07) is 9.29. The molecule has 0 spiro atoms. The second-order valence-electron chi connectivity index (χ2n) is 7.15. The van der Waals surface area contributed by atoms with Crippen LogP contribution in [0.25, 0.3) is 6.08 Å². The zero-order chi connectivity index (χ0) is 22.9. The van der Waals surface area contributed by atoms with Crippen molar-refractivity contribution in [3.05, 3.63) is 51.2 Å². The number of ether oxygens (including phenoxy) is 3. The van der Waals surface area contributed by atoms with Crippen LogP contribution in [0.3, 0.4) is 0 Å². The van der Waals surface area contributed by atoms with Crippen LogP contribution in [0.2, 0.25) is 4.34 Å². The maximum absolute atomic E-state index is 12.4. The zero-order valence-corrected chi connectivity index (χ0v) is 19.8. The van der Waals surface area contributed by atoms with Gasteiger partial charge < -0.3 is 19.1 Å². The number of carbonyl (C=O) groups is 2. The highest BCUT2D eigenvalue weighted by Gasteiger charge is 2.22. The van der Waals surface area contributed by atoms with E-state index >= 15 is 0 Å². The SMILES string of the molecule is CCOc1ccc(/C=C/C(=O)OCC(=O)N2CCN(Cc3ccc(Cl)s3)CC2)cc1OC. The van der Waals surface area contributed by atoms with Crippen molar-refractivity contribution >= 4 is 40.9 Å². The average Bonchev–Trinajstić information content (AvgIpc) is 3.21. The van der Waals surface area contributed by atoms with Gasteiger partial charge in [0.2, 0.25) is 0 Å². The van der Waals surface area contributed by atoms with Crippen LogP contribution in [-0.2, 0) is 20.9 Å². The first-order valence-corrected chi connectivity index (χ1v) is 11.6. The fourth-order valence-corrected chi connectivity index (χ4v) is 4.44. The number of rotatable bonds is 9. The van der Waals surface area contributed by atoms with Crippen LogP contribution in [0.4, 0.5) is 0 Å². The maximum atomic E-state index is 12.4. The molecule has 2 aromatic rings. The number of amides is 1. The predicted octanol–water partition coefficient (Wildman–Crippen LogP) is 3.71. The summed E-state index contributed by atoms with van der Waals surface area (Å²) in [6.07, 6.45) is 2.91. The molecule has 1 fully saturated rings. The highest BCUT2D eigenvalue weighted by molar-refractivity contribution is 7.16. The van der Waals surface area contributed by atoms with Gasteiger partial charge in [0, 0.05) is 43.7 Å². The molecule has 32 heavy (non-hydrogen) atoms. The number of benzene rings is 1. The number of hydrogen-bond donors (Lipinski definition) is 0. The molecule has 1 aromatic carbocycles. The predicted molar refractivity (Wildman–Crippen MR) is 125 cm³/mol. The Morgan fingerprint density at radius 2 is 1.91 bits per heavy atom. The Balaban J connectivity index is 1.41. The summed E-state index contributed by atoms with van der Waals surface area (Å²) < 4.78 is 16.7. The fourth-order valence-electron chi connectivity index (χ4n) is 3.31. The second-order valence-corrected chi connectivity index (χ2v) is 8.95. The van der Waals surface area contributed by atoms with E-state index in [9.17, 15) is 9.59 Å². The average molecular weight is 479 g/mol. The standard InChI is InChI=1S/C23H27ClN2O5S/c1-3-30-19-7-4-17(14-20(19)29-2)5-9-23(28)31-16-22(27)26-12-10-25(11-13-26)15-18-6-8-21(24)32-18/h4-9,14H,3,10-13,15-16H2,1-2H3/b9-5+. The van der Waals surface area contributed by atoms with E-state index in [1.54, 1.807) is 41.6 Å². The normalized spacial score (nSPS) is 14.5. The molecule has 0 aliphatic carbocycles. The van der Waals surface area contributed by atoms with Crippen LogP contribution in [0.5, 0.6) is 11.5 Å². The van der Waals surface area contributed by atoms with E-state index in [2.05, 4.69) is 4.90 Å². The second kappa shape index (κ2) is 11.9. The first-order chi connectivity index (χ1) is 15.5. The van der Waals surface area contributed by atoms with Crippen molar-refractivity contribution in [2.45, 2.75) is 13.5 Å². The Labute approximate surface area is 197 Å². The van der Waals surface area contributed by atoms with Gasteiger partial charge in [-0.25, -0.2) is 4.79 Å². The van der Waals surface area contributed by atoms with Crippen molar-refractivity contribution in [3.8, 4) is 11.5 Å². The molecule has 9 heteroatoms. The monoisotopic (exact) mass is 478 g/mol. The molecule has 7 nitrogen and oxygen atoms in total. The number of hydrogen-bond acceptors (Lipinski definition) is 7. The molecular weight excluding hydrogens is 452 g/mol. The van der Waals surface area contributed by atoms with Crippen molar-refractivity contribution in [2.24, 2.45) is 0 Å². The van der Waals surface area contributed by atoms with Gasteiger partial charge >= 0.3 is 5.97 Å². The molecule has 1 amide bonds. The van der Waals surface area contributed by atoms with Crippen molar-refractivity contribution in [3.63, 3.8) is 0 Å². The third-order valence-corrected chi connectivity index (χ3v) is 6.19. The van der Waals surface area contributed by atoms with E-state index in [0.29, 0.717) is 31.2 Å². The number of piperazine rings is 1. The molecule has 2 heterocycles. The number of esters is 1. The van der Waals surface area contributed by atoms with Crippen molar-refractivity contribution in [2.75, 3.05) is 46.5 Å². The lowest BCUT2D eigenvalue weighted by Crippen LogP contribution is -2.49. The summed E-state index contributed by atoms with van der Waals surface area (Å²) in [7, 11) is 1.56. The Kier molecular flexibility index (Phi) is 8.96. The molecule has 0 saturated carbocycles. The Morgan fingerprint density at radius 3 is 2.56 bits per heavy atom. The first kappa shape index (κ1) is 24.1. The molecule has 172 valence electrons. The van der Waals surface area contributed by atoms with Crippen molar-refractivity contribution in [1.82, 2.24) is 9.80 Å². The lowest BCUT2D eigenvalue weighted by Gasteiger charge is -2.34. The molecule has 0 atom stereocenters. The van der Waals surface area contributed by atoms with Gasteiger partial charge in [0.1, 0.15) is 0 Å². The highest BCUT2D eigenvalue weighted by Crippen LogP contribution is 2.28. The van der Waals surface area contributed by atoms with E-state index in [1.807, 2.05) is 25.1 Å². The molecule has 1 aliphatic heterocycles. The molecule has 0 N–H and O–H groups in total. The lowest BCUT2D eigenvalue weighted by atomic mass is 10.2. The van der Waals surface area contributed by atoms with Gasteiger partial charge in [-0.15, -0.1) is 11.3 Å². The van der Waals surface area contributed by atoms with Crippen LogP contribution in [-0.4, -0.2) is 68.2 Å². The molecule has 0 radical (unpaired) electrons. The lowest BCUT2D eigenvalue weighted by molar-refractivity contribution is -0.149. The van der Waals surface area contributed by atoms with Gasteiger partial charge in [-0.2, -0.15) is 0 Å². The molecular formula is C23H27ClN2O5S. The molecule has 1 saturated heterocycles. The molecule has 0 bridgehead atoms. The number of thiophene rings is 1. The number of methoxy groups -OCH3 is 1. The number of nitrogens with zero attached hydrogens (tertiary/aromatic N) is 2. The largest absolute Gasteiger partial charge is 0.493 e. The quantitative estimate of drug-likeness (QED) is 0.404. The number of carbonyl (C=O) groups excluding carboxylic acids is 2. The van der Waals surface area contributed by atoms with Crippen molar-refractivity contribution < 1.29 is 23.8 Å². The van der Waals surface area contributed by atoms with Gasteiger partial charge in [0.25, 0.3) is 5.91 Å². The Morgan fingerprint density at radius 1 is 1.12 bits per heavy atom. The van der Waals surface area contributed by atoms with E-state index in [0.717, 1.165) is 29.5 Å². The number of halogens is 1. The van der Waals surface area contributed by atoms with Gasteiger partial charge in [-0.1, -0.05) is 17.7 Å². The highest BCUT2D eigenvalue weighted by atomic mass is 35.5. The van der Waals surface area contributed by atoms with Crippen LogP contribution >= 0.6 is 22.9 Å². The third kappa shape index (κ3) is 6.98. The smallest absolute Gasteiger partial charge is 0.331 e. The zero-order valence-electron chi connectivity index (χ0n) is 18.2. The molecule has 3 rings (SSSR count). The summed E-state index contributed by atoms with van der Waals surface area (Å²) >= 11 is 7.56. The van der Waals surface area contributed by atoms with E-state index in [4.69, 9.17) is 25.8 Å². The van der Waals surface area contributed by atoms with E-state index in [1.165, 1.54) is 11.0 Å². The van der Waals surface area contributed by atoms with Crippen LogP contribution in [0.15, 0.2) is 36.4 Å². The minimum absolute atomic E-state index is 0.187. The Bertz CT molecular complexity index is 954. The minimum Gasteiger partial charge on any atom is -0.493 e.